The lowest BCUT2D eigenvalue weighted by Gasteiger charge is -2.32. The summed E-state index contributed by atoms with van der Waals surface area (Å²) in [5.41, 5.74) is 0.357. The third-order valence-electron chi connectivity index (χ3n) is 5.23. The predicted molar refractivity (Wildman–Crippen MR) is 102 cm³/mol. The van der Waals surface area contributed by atoms with E-state index in [1.54, 1.807) is 16.7 Å². The summed E-state index contributed by atoms with van der Waals surface area (Å²) in [4.78, 5) is 14.6. The maximum atomic E-state index is 14.1. The number of hydrogen-bond acceptors (Lipinski definition) is 4. The Morgan fingerprint density at radius 3 is 2.48 bits per heavy atom. The van der Waals surface area contributed by atoms with Crippen LogP contribution in [0.5, 0.6) is 0 Å². The quantitative estimate of drug-likeness (QED) is 0.757. The van der Waals surface area contributed by atoms with E-state index in [1.165, 1.54) is 16.6 Å². The molecule has 0 radical (unpaired) electrons. The Kier molecular flexibility index (Phi) is 6.43. The van der Waals surface area contributed by atoms with E-state index in [-0.39, 0.29) is 17.1 Å². The maximum Gasteiger partial charge on any atom is 0.225 e. The molecule has 2 fully saturated rings. The van der Waals surface area contributed by atoms with Gasteiger partial charge in [-0.3, -0.25) is 4.79 Å². The third kappa shape index (κ3) is 5.00. The van der Waals surface area contributed by atoms with Crippen molar-refractivity contribution in [2.75, 3.05) is 38.2 Å². The standard InChI is InChI=1S/C18H24F2N2O3S2/c1-27(24,25)22-8-4-13(5-9-22)18(23)21-7-6-17(26-11-10-21)15-12-14(19)2-3-16(15)20/h2-3,12-13,17H,4-11H2,1H3. The zero-order chi connectivity index (χ0) is 19.6. The number of thioether (sulfide) groups is 1. The zero-order valence-electron chi connectivity index (χ0n) is 15.2. The molecule has 1 unspecified atom stereocenters. The molecular weight excluding hydrogens is 394 g/mol. The number of amides is 1. The van der Waals surface area contributed by atoms with Crippen molar-refractivity contribution in [1.82, 2.24) is 9.21 Å². The molecule has 0 aromatic heterocycles. The van der Waals surface area contributed by atoms with Crippen LogP contribution in [-0.4, -0.2) is 61.7 Å². The van der Waals surface area contributed by atoms with Crippen molar-refractivity contribution in [3.05, 3.63) is 35.4 Å². The number of benzene rings is 1. The molecule has 9 heteroatoms. The first-order chi connectivity index (χ1) is 12.8. The van der Waals surface area contributed by atoms with Crippen molar-refractivity contribution < 1.29 is 22.0 Å². The molecule has 3 rings (SSSR count). The fourth-order valence-electron chi connectivity index (χ4n) is 3.69. The van der Waals surface area contributed by atoms with E-state index in [4.69, 9.17) is 0 Å². The van der Waals surface area contributed by atoms with E-state index in [1.807, 2.05) is 0 Å². The van der Waals surface area contributed by atoms with Gasteiger partial charge in [0.15, 0.2) is 0 Å². The molecular formula is C18H24F2N2O3S2. The van der Waals surface area contributed by atoms with Crippen LogP contribution >= 0.6 is 11.8 Å². The van der Waals surface area contributed by atoms with Gasteiger partial charge in [-0.25, -0.2) is 21.5 Å². The molecule has 2 aliphatic rings. The lowest BCUT2D eigenvalue weighted by atomic mass is 9.96. The van der Waals surface area contributed by atoms with E-state index in [2.05, 4.69) is 0 Å². The van der Waals surface area contributed by atoms with Gasteiger partial charge in [0.25, 0.3) is 0 Å². The number of nitrogens with zero attached hydrogens (tertiary/aromatic N) is 2. The summed E-state index contributed by atoms with van der Waals surface area (Å²) in [7, 11) is -3.21. The van der Waals surface area contributed by atoms with Crippen LogP contribution in [0.1, 0.15) is 30.1 Å². The van der Waals surface area contributed by atoms with E-state index in [9.17, 15) is 22.0 Å². The highest BCUT2D eigenvalue weighted by Crippen LogP contribution is 2.36. The molecule has 2 aliphatic heterocycles. The van der Waals surface area contributed by atoms with Crippen LogP contribution in [0.4, 0.5) is 8.78 Å². The molecule has 0 aliphatic carbocycles. The second-order valence-electron chi connectivity index (χ2n) is 7.08. The van der Waals surface area contributed by atoms with Crippen molar-refractivity contribution in [2.45, 2.75) is 24.5 Å². The summed E-state index contributed by atoms with van der Waals surface area (Å²) in [6.45, 7) is 1.81. The molecule has 27 heavy (non-hydrogen) atoms. The van der Waals surface area contributed by atoms with Crippen molar-refractivity contribution in [2.24, 2.45) is 5.92 Å². The zero-order valence-corrected chi connectivity index (χ0v) is 16.9. The minimum atomic E-state index is -3.21. The highest BCUT2D eigenvalue weighted by molar-refractivity contribution is 7.99. The second-order valence-corrected chi connectivity index (χ2v) is 10.4. The maximum absolute atomic E-state index is 14.1. The van der Waals surface area contributed by atoms with Crippen LogP contribution in [0.25, 0.3) is 0 Å². The average Bonchev–Trinajstić information content (AvgIpc) is 2.88. The summed E-state index contributed by atoms with van der Waals surface area (Å²) in [5.74, 6) is -0.336. The largest absolute Gasteiger partial charge is 0.342 e. The molecule has 2 heterocycles. The third-order valence-corrected chi connectivity index (χ3v) is 7.84. The fraction of sp³-hybridized carbons (Fsp3) is 0.611. The van der Waals surface area contributed by atoms with Crippen LogP contribution in [-0.2, 0) is 14.8 Å². The Balaban J connectivity index is 1.60. The van der Waals surface area contributed by atoms with Gasteiger partial charge in [-0.1, -0.05) is 0 Å². The van der Waals surface area contributed by atoms with Crippen molar-refractivity contribution in [3.8, 4) is 0 Å². The number of piperidine rings is 1. The lowest BCUT2D eigenvalue weighted by Crippen LogP contribution is -2.44. The minimum absolute atomic E-state index is 0.0455. The first-order valence-electron chi connectivity index (χ1n) is 9.06. The number of rotatable bonds is 3. The highest BCUT2D eigenvalue weighted by atomic mass is 32.2. The predicted octanol–water partition coefficient (Wildman–Crippen LogP) is 2.64. The minimum Gasteiger partial charge on any atom is -0.342 e. The Morgan fingerprint density at radius 2 is 1.81 bits per heavy atom. The Morgan fingerprint density at radius 1 is 1.11 bits per heavy atom. The molecule has 0 saturated carbocycles. The van der Waals surface area contributed by atoms with Crippen LogP contribution in [0.15, 0.2) is 18.2 Å². The van der Waals surface area contributed by atoms with Gasteiger partial charge in [-0.2, -0.15) is 11.8 Å². The number of halogens is 2. The molecule has 0 bridgehead atoms. The molecule has 1 aromatic carbocycles. The monoisotopic (exact) mass is 418 g/mol. The van der Waals surface area contributed by atoms with Crippen molar-refractivity contribution in [3.63, 3.8) is 0 Å². The van der Waals surface area contributed by atoms with Gasteiger partial charge in [0, 0.05) is 48.7 Å². The normalized spacial score (nSPS) is 23.2. The van der Waals surface area contributed by atoms with Gasteiger partial charge in [0.1, 0.15) is 11.6 Å². The topological polar surface area (TPSA) is 57.7 Å². The van der Waals surface area contributed by atoms with E-state index in [0.29, 0.717) is 56.8 Å². The highest BCUT2D eigenvalue weighted by Gasteiger charge is 2.32. The number of sulfonamides is 1. The number of hydrogen-bond donors (Lipinski definition) is 0. The van der Waals surface area contributed by atoms with Crippen molar-refractivity contribution in [1.29, 1.82) is 0 Å². The van der Waals surface area contributed by atoms with Crippen LogP contribution in [0, 0.1) is 17.6 Å². The van der Waals surface area contributed by atoms with Gasteiger partial charge in [-0.15, -0.1) is 0 Å². The van der Waals surface area contributed by atoms with Crippen molar-refractivity contribution >= 4 is 27.7 Å². The average molecular weight is 419 g/mol. The van der Waals surface area contributed by atoms with Crippen LogP contribution in [0.3, 0.4) is 0 Å². The molecule has 1 atom stereocenters. The fourth-order valence-corrected chi connectivity index (χ4v) is 5.81. The Hall–Kier alpha value is -1.19. The summed E-state index contributed by atoms with van der Waals surface area (Å²) in [5, 5.41) is -0.175. The summed E-state index contributed by atoms with van der Waals surface area (Å²) < 4.78 is 52.2. The Labute approximate surface area is 163 Å². The number of carbonyl (C=O) groups is 1. The first kappa shape index (κ1) is 20.5. The molecule has 0 spiro atoms. The molecule has 1 amide bonds. The Bertz CT molecular complexity index is 796. The summed E-state index contributed by atoms with van der Waals surface area (Å²) >= 11 is 1.54. The summed E-state index contributed by atoms with van der Waals surface area (Å²) in [6.07, 6.45) is 2.81. The van der Waals surface area contributed by atoms with E-state index >= 15 is 0 Å². The molecule has 1 aromatic rings. The molecule has 5 nitrogen and oxygen atoms in total. The van der Waals surface area contributed by atoms with Gasteiger partial charge >= 0.3 is 0 Å². The molecule has 0 N–H and O–H groups in total. The van der Waals surface area contributed by atoms with Crippen LogP contribution < -0.4 is 0 Å². The van der Waals surface area contributed by atoms with Gasteiger partial charge in [0.2, 0.25) is 15.9 Å². The number of carbonyl (C=O) groups excluding carboxylic acids is 1. The first-order valence-corrected chi connectivity index (χ1v) is 12.0. The second kappa shape index (κ2) is 8.45. The molecule has 150 valence electrons. The lowest BCUT2D eigenvalue weighted by molar-refractivity contribution is -0.136. The molecule has 2 saturated heterocycles. The van der Waals surface area contributed by atoms with Gasteiger partial charge in [0.05, 0.1) is 6.26 Å². The van der Waals surface area contributed by atoms with E-state index in [0.717, 1.165) is 12.1 Å². The van der Waals surface area contributed by atoms with E-state index < -0.39 is 21.7 Å². The van der Waals surface area contributed by atoms with Crippen LogP contribution in [0.2, 0.25) is 0 Å². The summed E-state index contributed by atoms with van der Waals surface area (Å²) in [6, 6.07) is 3.50. The SMILES string of the molecule is CS(=O)(=O)N1CCC(C(=O)N2CCSC(c3cc(F)ccc3F)CC2)CC1. The van der Waals surface area contributed by atoms with Gasteiger partial charge in [-0.05, 0) is 37.5 Å². The van der Waals surface area contributed by atoms with Gasteiger partial charge < -0.3 is 4.90 Å². The smallest absolute Gasteiger partial charge is 0.225 e.